The largest absolute Gasteiger partial charge is 0.502 e. The second kappa shape index (κ2) is 14.3. The molecule has 0 spiro atoms. The van der Waals surface area contributed by atoms with E-state index >= 15 is 9.59 Å². The maximum Gasteiger partial charge on any atom is 0.238 e. The van der Waals surface area contributed by atoms with Crippen molar-refractivity contribution in [2.24, 2.45) is 23.7 Å². The van der Waals surface area contributed by atoms with E-state index in [1.165, 1.54) is 25.2 Å². The summed E-state index contributed by atoms with van der Waals surface area (Å²) in [5.41, 5.74) is 2.70. The molecule has 9 rings (SSSR count). The van der Waals surface area contributed by atoms with Gasteiger partial charge in [0.05, 0.1) is 37.2 Å². The van der Waals surface area contributed by atoms with E-state index in [1.807, 2.05) is 60.7 Å². The number of allylic oxidation sites excluding steroid dienone is 4. The van der Waals surface area contributed by atoms with Crippen molar-refractivity contribution in [1.29, 1.82) is 0 Å². The molecule has 3 aliphatic carbocycles. The van der Waals surface area contributed by atoms with Gasteiger partial charge in [-0.3, -0.25) is 28.9 Å². The molecule has 1 saturated heterocycles. The fourth-order valence-corrected chi connectivity index (χ4v) is 10.1. The van der Waals surface area contributed by atoms with Crippen LogP contribution in [0.3, 0.4) is 0 Å². The van der Waals surface area contributed by atoms with Crippen molar-refractivity contribution in [2.45, 2.75) is 24.2 Å². The average Bonchev–Trinajstić information content (AvgIpc) is 3.53. The Kier molecular flexibility index (Phi) is 9.03. The summed E-state index contributed by atoms with van der Waals surface area (Å²) in [4.78, 5) is 74.2. The molecule has 0 bridgehead atoms. The van der Waals surface area contributed by atoms with Gasteiger partial charge in [-0.05, 0) is 77.9 Å². The molecule has 1 saturated carbocycles. The van der Waals surface area contributed by atoms with Crippen LogP contribution in [0.5, 0.6) is 17.2 Å². The third-order valence-corrected chi connectivity index (χ3v) is 12.6. The van der Waals surface area contributed by atoms with Gasteiger partial charge in [-0.2, -0.15) is 0 Å². The lowest BCUT2D eigenvalue weighted by Crippen LogP contribution is -2.58. The van der Waals surface area contributed by atoms with Crippen LogP contribution in [0.4, 0.5) is 5.69 Å². The molecular formula is C49H39NO8. The number of aromatic hydroxyl groups is 1. The zero-order valence-corrected chi connectivity index (χ0v) is 31.8. The number of carbonyl (C=O) groups is 5. The molecule has 6 atom stereocenters. The van der Waals surface area contributed by atoms with Crippen molar-refractivity contribution in [2.75, 3.05) is 19.1 Å². The molecule has 2 fully saturated rings. The highest BCUT2D eigenvalue weighted by molar-refractivity contribution is 6.32. The van der Waals surface area contributed by atoms with Crippen LogP contribution in [0, 0.1) is 23.7 Å². The summed E-state index contributed by atoms with van der Waals surface area (Å²) in [6.45, 7) is 0. The number of rotatable bonds is 8. The van der Waals surface area contributed by atoms with Crippen molar-refractivity contribution in [3.05, 3.63) is 173 Å². The van der Waals surface area contributed by atoms with Crippen LogP contribution in [0.1, 0.15) is 51.4 Å². The summed E-state index contributed by atoms with van der Waals surface area (Å²) in [6, 6.07) is 37.1. The van der Waals surface area contributed by atoms with Crippen LogP contribution in [-0.4, -0.2) is 48.5 Å². The van der Waals surface area contributed by atoms with Gasteiger partial charge in [-0.15, -0.1) is 0 Å². The Morgan fingerprint density at radius 1 is 0.724 bits per heavy atom. The molecule has 5 aromatic carbocycles. The summed E-state index contributed by atoms with van der Waals surface area (Å²) in [5.74, 6) is -5.32. The number of phenols is 1. The number of benzene rings is 5. The summed E-state index contributed by atoms with van der Waals surface area (Å²) in [5, 5.41) is 11.0. The first-order valence-electron chi connectivity index (χ1n) is 19.3. The van der Waals surface area contributed by atoms with Gasteiger partial charge in [0.1, 0.15) is 0 Å². The number of ether oxygens (including phenoxy) is 2. The van der Waals surface area contributed by atoms with Crippen LogP contribution in [0.15, 0.2) is 145 Å². The molecule has 0 unspecified atom stereocenters. The first-order valence-corrected chi connectivity index (χ1v) is 19.3. The van der Waals surface area contributed by atoms with Crippen molar-refractivity contribution in [3.8, 4) is 17.2 Å². The highest BCUT2D eigenvalue weighted by atomic mass is 16.5. The normalized spacial score (nSPS) is 24.9. The highest BCUT2D eigenvalue weighted by Crippen LogP contribution is 2.64. The molecule has 5 aromatic rings. The maximum atomic E-state index is 15.3. The van der Waals surface area contributed by atoms with E-state index in [4.69, 9.17) is 9.47 Å². The smallest absolute Gasteiger partial charge is 0.238 e. The third kappa shape index (κ3) is 5.48. The minimum Gasteiger partial charge on any atom is -0.502 e. The summed E-state index contributed by atoms with van der Waals surface area (Å²) < 4.78 is 11.2. The Morgan fingerprint density at radius 3 is 1.93 bits per heavy atom. The molecule has 2 amide bonds. The first kappa shape index (κ1) is 36.7. The van der Waals surface area contributed by atoms with Gasteiger partial charge in [0, 0.05) is 28.5 Å². The number of imide groups is 1. The zero-order valence-electron chi connectivity index (χ0n) is 31.8. The average molecular weight is 770 g/mol. The van der Waals surface area contributed by atoms with Gasteiger partial charge in [0.2, 0.25) is 17.6 Å². The monoisotopic (exact) mass is 769 g/mol. The molecule has 288 valence electrons. The van der Waals surface area contributed by atoms with Gasteiger partial charge < -0.3 is 14.6 Å². The topological polar surface area (TPSA) is 127 Å². The molecule has 9 heteroatoms. The molecule has 9 nitrogen and oxygen atoms in total. The number of methoxy groups -OCH3 is 2. The summed E-state index contributed by atoms with van der Waals surface area (Å²) in [6.07, 6.45) is 3.81. The number of ketones is 3. The maximum absolute atomic E-state index is 15.3. The minimum absolute atomic E-state index is 0.119. The van der Waals surface area contributed by atoms with Crippen LogP contribution in [-0.2, 0) is 24.6 Å². The van der Waals surface area contributed by atoms with E-state index in [0.29, 0.717) is 39.1 Å². The molecule has 0 aromatic heterocycles. The Labute approximate surface area is 335 Å². The van der Waals surface area contributed by atoms with Gasteiger partial charge in [-0.25, -0.2) is 0 Å². The quantitative estimate of drug-likeness (QED) is 0.0969. The van der Waals surface area contributed by atoms with E-state index in [2.05, 4.69) is 0 Å². The predicted molar refractivity (Wildman–Crippen MR) is 217 cm³/mol. The summed E-state index contributed by atoms with van der Waals surface area (Å²) >= 11 is 0. The number of hydrogen-bond acceptors (Lipinski definition) is 8. The predicted octanol–water partition coefficient (Wildman–Crippen LogP) is 7.67. The fourth-order valence-electron chi connectivity index (χ4n) is 10.1. The van der Waals surface area contributed by atoms with Gasteiger partial charge >= 0.3 is 0 Å². The third-order valence-electron chi connectivity index (χ3n) is 12.6. The Hall–Kier alpha value is -6.87. The van der Waals surface area contributed by atoms with Crippen LogP contribution in [0.2, 0.25) is 0 Å². The Morgan fingerprint density at radius 2 is 1.31 bits per heavy atom. The second-order valence-corrected chi connectivity index (χ2v) is 15.3. The van der Waals surface area contributed by atoms with Crippen molar-refractivity contribution < 1.29 is 38.6 Å². The number of Topliss-reactive ketones (excluding diaryl/α,β-unsaturated/α-hetero) is 1. The van der Waals surface area contributed by atoms with E-state index in [0.717, 1.165) is 5.57 Å². The number of nitrogens with zero attached hydrogens (tertiary/aromatic N) is 1. The molecule has 1 aliphatic heterocycles. The molecule has 0 radical (unpaired) electrons. The Bertz CT molecular complexity index is 2540. The van der Waals surface area contributed by atoms with Gasteiger partial charge in [-0.1, -0.05) is 103 Å². The molecule has 1 heterocycles. The van der Waals surface area contributed by atoms with Crippen LogP contribution >= 0.6 is 0 Å². The molecule has 4 aliphatic rings. The standard InChI is InChI=1S/C49H39NO8/c1-57-39-24-31(25-40(58-2)46(39)54)43-34-22-23-35-42(48(56)50(47(35)55)33-20-18-30(19-21-33)44(52)29-14-8-4-9-15-29)37(34)26-38-45(53)36(28-12-6-3-7-13-28)27-41(51)49(38,43)32-16-10-5-11-17-32/h3-22,24-25,27,35,37-38,42-43,54H,23,26H2,1-2H3/t35-,37+,38-,42-,43-,49-/m0/s1. The Balaban J connectivity index is 1.20. The number of amides is 2. The van der Waals surface area contributed by atoms with E-state index in [-0.39, 0.29) is 53.3 Å². The van der Waals surface area contributed by atoms with Crippen molar-refractivity contribution >= 4 is 40.4 Å². The minimum atomic E-state index is -1.47. The van der Waals surface area contributed by atoms with Gasteiger partial charge in [0.25, 0.3) is 0 Å². The SMILES string of the molecule is COc1cc([C@H]2C3=CC[C@@H]4C(=O)N(c5ccc(C(=O)c6ccccc6)cc5)C(=O)[C@@H]4[C@@H]3C[C@H]3C(=O)C(c4ccccc4)=CC(=O)[C@@]23c2ccccc2)cc(OC)c1O. The zero-order chi connectivity index (χ0) is 40.3. The van der Waals surface area contributed by atoms with E-state index < -0.39 is 40.9 Å². The molecule has 1 N–H and O–H groups in total. The second-order valence-electron chi connectivity index (χ2n) is 15.3. The van der Waals surface area contributed by atoms with Crippen LogP contribution in [0.25, 0.3) is 5.57 Å². The number of phenolic OH excluding ortho intramolecular Hbond substituents is 1. The molecular weight excluding hydrogens is 731 g/mol. The number of anilines is 1. The first-order chi connectivity index (χ1) is 28.2. The number of hydrogen-bond donors (Lipinski definition) is 1. The highest BCUT2D eigenvalue weighted by Gasteiger charge is 2.66. The fraction of sp³-hybridized carbons (Fsp3) is 0.204. The van der Waals surface area contributed by atoms with Gasteiger partial charge in [0.15, 0.2) is 28.8 Å². The van der Waals surface area contributed by atoms with Crippen molar-refractivity contribution in [3.63, 3.8) is 0 Å². The summed E-state index contributed by atoms with van der Waals surface area (Å²) in [7, 11) is 2.85. The molecule has 58 heavy (non-hydrogen) atoms. The lowest BCUT2D eigenvalue weighted by Gasteiger charge is -2.55. The van der Waals surface area contributed by atoms with E-state index in [1.54, 1.807) is 72.8 Å². The van der Waals surface area contributed by atoms with Crippen LogP contribution < -0.4 is 14.4 Å². The van der Waals surface area contributed by atoms with Crippen molar-refractivity contribution in [1.82, 2.24) is 0 Å². The number of carbonyl (C=O) groups excluding carboxylic acids is 5. The lowest BCUT2D eigenvalue weighted by molar-refractivity contribution is -0.135. The van der Waals surface area contributed by atoms with E-state index in [9.17, 15) is 19.5 Å². The lowest BCUT2D eigenvalue weighted by atomic mass is 9.44. The number of fused-ring (bicyclic) bond motifs is 4.